The summed E-state index contributed by atoms with van der Waals surface area (Å²) in [4.78, 5) is 13.9. The van der Waals surface area contributed by atoms with Crippen molar-refractivity contribution in [2.24, 2.45) is 0 Å². The summed E-state index contributed by atoms with van der Waals surface area (Å²) in [6.45, 7) is 0. The molecule has 3 nitrogen and oxygen atoms in total. The lowest BCUT2D eigenvalue weighted by atomic mass is 10.1. The van der Waals surface area contributed by atoms with Gasteiger partial charge in [0.1, 0.15) is 5.25 Å². The van der Waals surface area contributed by atoms with E-state index < -0.39 is 0 Å². The van der Waals surface area contributed by atoms with Crippen molar-refractivity contribution in [2.45, 2.75) is 41.9 Å². The number of hydrogen-bond donors (Lipinski definition) is 2. The number of rotatable bonds is 5. The minimum Gasteiger partial charge on any atom is -0.399 e. The van der Waals surface area contributed by atoms with Gasteiger partial charge in [0, 0.05) is 16.6 Å². The quantitative estimate of drug-likeness (QED) is 0.641. The molecule has 4 heteroatoms. The van der Waals surface area contributed by atoms with Crippen LogP contribution in [0.15, 0.2) is 59.5 Å². The Balaban J connectivity index is 1.78. The van der Waals surface area contributed by atoms with Gasteiger partial charge in [-0.3, -0.25) is 4.79 Å². The SMILES string of the molecule is Nc1ccc(SC(C(=O)NC2CCCC2)c2ccccc2)cc1. The molecule has 0 aliphatic heterocycles. The third kappa shape index (κ3) is 4.29. The van der Waals surface area contributed by atoms with Crippen LogP contribution < -0.4 is 11.1 Å². The summed E-state index contributed by atoms with van der Waals surface area (Å²) in [6, 6.07) is 18.0. The second-order valence-corrected chi connectivity index (χ2v) is 7.15. The molecular formula is C19H22N2OS. The van der Waals surface area contributed by atoms with Crippen LogP contribution in [0.1, 0.15) is 36.5 Å². The van der Waals surface area contributed by atoms with Crippen molar-refractivity contribution in [3.05, 3.63) is 60.2 Å². The van der Waals surface area contributed by atoms with Gasteiger partial charge in [-0.1, -0.05) is 43.2 Å². The summed E-state index contributed by atoms with van der Waals surface area (Å²) in [5, 5.41) is 2.99. The number of carbonyl (C=O) groups is 1. The summed E-state index contributed by atoms with van der Waals surface area (Å²) in [5.41, 5.74) is 7.52. The normalized spacial score (nSPS) is 16.2. The lowest BCUT2D eigenvalue weighted by Crippen LogP contribution is -2.35. The smallest absolute Gasteiger partial charge is 0.238 e. The lowest BCUT2D eigenvalue weighted by molar-refractivity contribution is -0.121. The third-order valence-corrected chi connectivity index (χ3v) is 5.44. The van der Waals surface area contributed by atoms with E-state index in [1.54, 1.807) is 11.8 Å². The molecule has 1 saturated carbocycles. The van der Waals surface area contributed by atoms with E-state index in [0.717, 1.165) is 29.0 Å². The number of hydrogen-bond acceptors (Lipinski definition) is 3. The number of nitrogens with one attached hydrogen (secondary N) is 1. The topological polar surface area (TPSA) is 55.1 Å². The van der Waals surface area contributed by atoms with E-state index in [2.05, 4.69) is 5.32 Å². The fourth-order valence-electron chi connectivity index (χ4n) is 2.93. The van der Waals surface area contributed by atoms with E-state index in [1.165, 1.54) is 12.8 Å². The van der Waals surface area contributed by atoms with Crippen molar-refractivity contribution in [3.63, 3.8) is 0 Å². The van der Waals surface area contributed by atoms with Gasteiger partial charge < -0.3 is 11.1 Å². The molecule has 3 rings (SSSR count). The molecule has 2 aromatic rings. The molecular weight excluding hydrogens is 304 g/mol. The van der Waals surface area contributed by atoms with Crippen LogP contribution in [0.5, 0.6) is 0 Å². The zero-order valence-electron chi connectivity index (χ0n) is 13.1. The van der Waals surface area contributed by atoms with Crippen LogP contribution in [-0.4, -0.2) is 11.9 Å². The average molecular weight is 326 g/mol. The fourth-order valence-corrected chi connectivity index (χ4v) is 3.96. The zero-order chi connectivity index (χ0) is 16.1. The van der Waals surface area contributed by atoms with Crippen LogP contribution in [0.4, 0.5) is 5.69 Å². The highest BCUT2D eigenvalue weighted by Crippen LogP contribution is 2.36. The Morgan fingerprint density at radius 1 is 1.04 bits per heavy atom. The summed E-state index contributed by atoms with van der Waals surface area (Å²) in [5.74, 6) is 0.102. The first-order valence-corrected chi connectivity index (χ1v) is 8.98. The summed E-state index contributed by atoms with van der Waals surface area (Å²) in [7, 11) is 0. The van der Waals surface area contributed by atoms with Gasteiger partial charge in [-0.2, -0.15) is 0 Å². The van der Waals surface area contributed by atoms with E-state index in [4.69, 9.17) is 5.73 Å². The molecule has 3 N–H and O–H groups in total. The van der Waals surface area contributed by atoms with Crippen LogP contribution >= 0.6 is 11.8 Å². The van der Waals surface area contributed by atoms with Crippen molar-refractivity contribution in [3.8, 4) is 0 Å². The van der Waals surface area contributed by atoms with Gasteiger partial charge in [-0.15, -0.1) is 11.8 Å². The number of amides is 1. The molecule has 2 aromatic carbocycles. The Morgan fingerprint density at radius 3 is 2.35 bits per heavy atom. The predicted molar refractivity (Wildman–Crippen MR) is 96.3 cm³/mol. The predicted octanol–water partition coefficient (Wildman–Crippen LogP) is 4.16. The van der Waals surface area contributed by atoms with Gasteiger partial charge in [0.2, 0.25) is 5.91 Å². The standard InChI is InChI=1S/C19H22N2OS/c20-15-10-12-17(13-11-15)23-18(14-6-2-1-3-7-14)19(22)21-16-8-4-5-9-16/h1-3,6-7,10-13,16,18H,4-5,8-9,20H2,(H,21,22). The maximum atomic E-state index is 12.8. The first-order chi connectivity index (χ1) is 11.2. The number of carbonyl (C=O) groups excluding carboxylic acids is 1. The maximum Gasteiger partial charge on any atom is 0.238 e. The van der Waals surface area contributed by atoms with E-state index in [9.17, 15) is 4.79 Å². The van der Waals surface area contributed by atoms with Gasteiger partial charge in [-0.25, -0.2) is 0 Å². The summed E-state index contributed by atoms with van der Waals surface area (Å²) < 4.78 is 0. The Labute approximate surface area is 141 Å². The first-order valence-electron chi connectivity index (χ1n) is 8.10. The number of nitrogen functional groups attached to an aromatic ring is 1. The van der Waals surface area contributed by atoms with Crippen LogP contribution in [0.3, 0.4) is 0 Å². The van der Waals surface area contributed by atoms with E-state index in [0.29, 0.717) is 6.04 Å². The lowest BCUT2D eigenvalue weighted by Gasteiger charge is -2.20. The van der Waals surface area contributed by atoms with Crippen LogP contribution in [0, 0.1) is 0 Å². The van der Waals surface area contributed by atoms with Crippen molar-refractivity contribution in [1.82, 2.24) is 5.32 Å². The number of nitrogens with two attached hydrogens (primary N) is 1. The molecule has 1 fully saturated rings. The Kier molecular flexibility index (Phi) is 5.23. The molecule has 0 radical (unpaired) electrons. The number of thioether (sulfide) groups is 1. The third-order valence-electron chi connectivity index (χ3n) is 4.18. The minimum atomic E-state index is -0.236. The molecule has 120 valence electrons. The molecule has 0 heterocycles. The molecule has 1 unspecified atom stereocenters. The highest BCUT2D eigenvalue weighted by Gasteiger charge is 2.25. The molecule has 0 bridgehead atoms. The van der Waals surface area contributed by atoms with Crippen LogP contribution in [0.25, 0.3) is 0 Å². The van der Waals surface area contributed by atoms with Gasteiger partial charge in [-0.05, 0) is 42.7 Å². The van der Waals surface area contributed by atoms with Crippen molar-refractivity contribution < 1.29 is 4.79 Å². The van der Waals surface area contributed by atoms with E-state index in [-0.39, 0.29) is 11.2 Å². The molecule has 1 aliphatic carbocycles. The number of benzene rings is 2. The summed E-state index contributed by atoms with van der Waals surface area (Å²) in [6.07, 6.45) is 4.62. The van der Waals surface area contributed by atoms with Gasteiger partial charge in [0.25, 0.3) is 0 Å². The van der Waals surface area contributed by atoms with Crippen molar-refractivity contribution in [2.75, 3.05) is 5.73 Å². The molecule has 1 atom stereocenters. The molecule has 23 heavy (non-hydrogen) atoms. The zero-order valence-corrected chi connectivity index (χ0v) is 13.9. The van der Waals surface area contributed by atoms with Crippen LogP contribution in [-0.2, 0) is 4.79 Å². The van der Waals surface area contributed by atoms with E-state index >= 15 is 0 Å². The molecule has 1 amide bonds. The second kappa shape index (κ2) is 7.55. The fraction of sp³-hybridized carbons (Fsp3) is 0.316. The van der Waals surface area contributed by atoms with Gasteiger partial charge >= 0.3 is 0 Å². The largest absolute Gasteiger partial charge is 0.399 e. The Morgan fingerprint density at radius 2 is 1.70 bits per heavy atom. The Bertz CT molecular complexity index is 636. The Hall–Kier alpha value is -1.94. The molecule has 0 saturated heterocycles. The highest BCUT2D eigenvalue weighted by molar-refractivity contribution is 8.00. The van der Waals surface area contributed by atoms with Crippen molar-refractivity contribution >= 4 is 23.4 Å². The monoisotopic (exact) mass is 326 g/mol. The highest BCUT2D eigenvalue weighted by atomic mass is 32.2. The minimum absolute atomic E-state index is 0.102. The van der Waals surface area contributed by atoms with Crippen LogP contribution in [0.2, 0.25) is 0 Å². The molecule has 0 aromatic heterocycles. The summed E-state index contributed by atoms with van der Waals surface area (Å²) >= 11 is 1.57. The second-order valence-electron chi connectivity index (χ2n) is 5.97. The maximum absolute atomic E-state index is 12.8. The first kappa shape index (κ1) is 15.9. The number of anilines is 1. The molecule has 0 spiro atoms. The molecule has 1 aliphatic rings. The average Bonchev–Trinajstić information content (AvgIpc) is 3.08. The van der Waals surface area contributed by atoms with E-state index in [1.807, 2.05) is 54.6 Å². The van der Waals surface area contributed by atoms with Gasteiger partial charge in [0.05, 0.1) is 0 Å². The van der Waals surface area contributed by atoms with Crippen molar-refractivity contribution in [1.29, 1.82) is 0 Å². The van der Waals surface area contributed by atoms with Gasteiger partial charge in [0.15, 0.2) is 0 Å².